The number of aryl methyl sites for hydroxylation is 1. The molecule has 5 aromatic carbocycles. The normalized spacial score (nSPS) is 16.2. The zero-order valence-electron chi connectivity index (χ0n) is 46.4. The summed E-state index contributed by atoms with van der Waals surface area (Å²) in [6.45, 7) is 36.6. The van der Waals surface area contributed by atoms with E-state index in [1.165, 1.54) is 5.56 Å². The maximum absolute atomic E-state index is 6.96. The molecule has 0 atom stereocenters. The molecule has 2 aromatic heterocycles. The van der Waals surface area contributed by atoms with E-state index in [4.69, 9.17) is 32.4 Å². The van der Waals surface area contributed by atoms with Gasteiger partial charge in [-0.1, -0.05) is 157 Å². The van der Waals surface area contributed by atoms with Gasteiger partial charge in [0.2, 0.25) is 0 Å². The van der Waals surface area contributed by atoms with E-state index in [0.29, 0.717) is 0 Å². The van der Waals surface area contributed by atoms with Crippen molar-refractivity contribution in [3.05, 3.63) is 139 Å². The molecular formula is C57H67B6N4O6PtS-3. The molecule has 18 heteroatoms. The minimum atomic E-state index is -0.811. The minimum absolute atomic E-state index is 0. The van der Waals surface area contributed by atoms with Gasteiger partial charge in [0.15, 0.2) is 0 Å². The Morgan fingerprint density at radius 2 is 1.05 bits per heavy atom. The summed E-state index contributed by atoms with van der Waals surface area (Å²) in [5.74, 6) is 0.874. The smallest absolute Gasteiger partial charge is 0.468 e. The molecule has 5 heterocycles. The molecule has 10 nitrogen and oxygen atoms in total. The molecule has 0 saturated carbocycles. The monoisotopic (exact) mass is 1200 g/mol. The van der Waals surface area contributed by atoms with E-state index in [2.05, 4.69) is 247 Å². The Kier molecular flexibility index (Phi) is 15.2. The fraction of sp³-hybridized carbons (Fsp3) is 0.368. The molecule has 0 radical (unpaired) electrons. The maximum Gasteiger partial charge on any atom is 0.468 e. The van der Waals surface area contributed by atoms with Crippen LogP contribution in [0.15, 0.2) is 119 Å². The largest absolute Gasteiger partial charge is 0.493 e. The third-order valence-electron chi connectivity index (χ3n) is 13.6. The predicted molar refractivity (Wildman–Crippen MR) is 311 cm³/mol. The number of para-hydroxylation sites is 3. The van der Waals surface area contributed by atoms with Crippen LogP contribution in [-0.4, -0.2) is 52.3 Å². The first-order valence-corrected chi connectivity index (χ1v) is 26.8. The molecule has 2 fully saturated rings. The fourth-order valence-electron chi connectivity index (χ4n) is 9.68. The molecular weight excluding hydrogens is 1130 g/mol. The van der Waals surface area contributed by atoms with Gasteiger partial charge in [-0.2, -0.15) is 24.3 Å². The number of aromatic nitrogens is 2. The Morgan fingerprint density at radius 3 is 1.60 bits per heavy atom. The van der Waals surface area contributed by atoms with Gasteiger partial charge >= 0.3 is 42.7 Å². The van der Waals surface area contributed by atoms with Crippen LogP contribution in [0.2, 0.25) is 21.3 Å². The van der Waals surface area contributed by atoms with Gasteiger partial charge in [-0.15, -0.1) is 57.5 Å². The molecule has 3 aliphatic heterocycles. The van der Waals surface area contributed by atoms with Crippen LogP contribution < -0.4 is 20.7 Å². The van der Waals surface area contributed by atoms with E-state index in [1.807, 2.05) is 6.20 Å². The van der Waals surface area contributed by atoms with Crippen molar-refractivity contribution in [2.45, 2.75) is 147 Å². The van der Waals surface area contributed by atoms with Crippen molar-refractivity contribution >= 4 is 110 Å². The summed E-state index contributed by atoms with van der Waals surface area (Å²) in [6, 6.07) is 43.9. The number of hydrogen-bond acceptors (Lipinski definition) is 10. The van der Waals surface area contributed by atoms with Crippen molar-refractivity contribution in [1.82, 2.24) is 9.55 Å². The van der Waals surface area contributed by atoms with Gasteiger partial charge < -0.3 is 41.8 Å². The molecule has 0 bridgehead atoms. The van der Waals surface area contributed by atoms with Gasteiger partial charge in [0.25, 0.3) is 0 Å². The second kappa shape index (κ2) is 20.6. The summed E-state index contributed by atoms with van der Waals surface area (Å²) in [6.07, 6.45) is 1.92. The Hall–Kier alpha value is -4.16. The van der Waals surface area contributed by atoms with Crippen molar-refractivity contribution in [2.75, 3.05) is 9.80 Å². The summed E-state index contributed by atoms with van der Waals surface area (Å²) in [5.41, 5.74) is 9.57. The first-order valence-electron chi connectivity index (χ1n) is 25.9. The Labute approximate surface area is 467 Å². The molecule has 0 N–H and O–H groups in total. The van der Waals surface area contributed by atoms with Crippen LogP contribution in [0.4, 0.5) is 22.7 Å². The average Bonchev–Trinajstić information content (AvgIpc) is 3.89. The fourth-order valence-corrected chi connectivity index (χ4v) is 10.5. The first-order chi connectivity index (χ1) is 34.7. The van der Waals surface area contributed by atoms with E-state index >= 15 is 0 Å². The van der Waals surface area contributed by atoms with Crippen molar-refractivity contribution in [3.63, 3.8) is 0 Å². The van der Waals surface area contributed by atoms with Crippen LogP contribution in [-0.2, 0) is 53.9 Å². The maximum atomic E-state index is 6.96. The summed E-state index contributed by atoms with van der Waals surface area (Å²) in [7, 11) is -3.87. The standard InChI is InChI=1S/C57H67B6N4O6S.Pt/c1-38-32-45(58-68-60(54(5,6)7)72-61(69-58)55(8,9)10)52(46(33-38)59-70-62(56(11,12)13)73-63(71-59)57(14,15)16)66-37-65(48-26-19-20-27-49(48)66)40-22-21-23-41(35-40)74-42-28-29-44-43-24-17-18-25-47(43)67(50(44)36-42)51-34-39(30-31-64-51)53(2,3)4;/h17-34,37H,1-16H3;/q-3;. The molecule has 2 saturated heterocycles. The number of fused-ring (bicyclic) bond motifs is 4. The summed E-state index contributed by atoms with van der Waals surface area (Å²) in [4.78, 5) is 11.3. The topological polar surface area (TPSA) is 79.7 Å². The van der Waals surface area contributed by atoms with Crippen LogP contribution in [0.25, 0.3) is 27.6 Å². The quantitative estimate of drug-likeness (QED) is 0.114. The predicted octanol–water partition coefficient (Wildman–Crippen LogP) is 13.6. The summed E-state index contributed by atoms with van der Waals surface area (Å²) < 4.78 is 43.3. The van der Waals surface area contributed by atoms with Gasteiger partial charge in [-0.25, -0.2) is 4.98 Å². The Morgan fingerprint density at radius 1 is 0.533 bits per heavy atom. The molecule has 0 aliphatic carbocycles. The average molecular weight is 1200 g/mol. The van der Waals surface area contributed by atoms with E-state index in [1.54, 1.807) is 11.8 Å². The van der Waals surface area contributed by atoms with Crippen LogP contribution in [0, 0.1) is 25.7 Å². The number of hydrogen-bond donors (Lipinski definition) is 0. The van der Waals surface area contributed by atoms with E-state index < -0.39 is 42.7 Å². The van der Waals surface area contributed by atoms with Crippen LogP contribution in [0.5, 0.6) is 0 Å². The molecule has 388 valence electrons. The molecule has 7 aromatic rings. The van der Waals surface area contributed by atoms with Crippen LogP contribution >= 0.6 is 11.8 Å². The molecule has 0 unspecified atom stereocenters. The number of rotatable bonds is 7. The van der Waals surface area contributed by atoms with Crippen molar-refractivity contribution in [2.24, 2.45) is 0 Å². The molecule has 0 amide bonds. The molecule has 10 rings (SSSR count). The SMILES string of the molecule is Cc1cc(B2OB(C(C)(C)C)OB(C(C)(C)C)O2)c(N2[CH-]N(c3[c-]c(Sc4[c-]c5c(cc4)c4ccccc4n5-c4cc(C(C)(C)C)ccn4)ccc3)c3ccccc32)c(B2OB(C(C)(C)C)OB(C(C)(C)C)O2)c1.[Pt]. The van der Waals surface area contributed by atoms with Crippen molar-refractivity contribution < 1.29 is 48.5 Å². The van der Waals surface area contributed by atoms with Gasteiger partial charge in [0.05, 0.1) is 0 Å². The molecule has 3 aliphatic rings. The molecule has 75 heavy (non-hydrogen) atoms. The van der Waals surface area contributed by atoms with Crippen LogP contribution in [0.3, 0.4) is 0 Å². The summed E-state index contributed by atoms with van der Waals surface area (Å²) in [5, 5.41) is 0.863. The Bertz CT molecular complexity index is 3130. The first kappa shape index (κ1) is 55.6. The Balaban J connectivity index is 0.00000689. The van der Waals surface area contributed by atoms with Crippen LogP contribution in [0.1, 0.15) is 115 Å². The van der Waals surface area contributed by atoms with E-state index in [9.17, 15) is 0 Å². The van der Waals surface area contributed by atoms with E-state index in [-0.39, 0.29) is 47.7 Å². The number of anilines is 4. The molecule has 0 spiro atoms. The second-order valence-corrected chi connectivity index (χ2v) is 26.6. The second-order valence-electron chi connectivity index (χ2n) is 25.5. The van der Waals surface area contributed by atoms with Gasteiger partial charge in [-0.3, -0.25) is 0 Å². The van der Waals surface area contributed by atoms with Gasteiger partial charge in [0, 0.05) is 60.8 Å². The number of nitrogens with zero attached hydrogens (tertiary/aromatic N) is 4. The zero-order chi connectivity index (χ0) is 52.9. The van der Waals surface area contributed by atoms with Crippen molar-refractivity contribution in [1.29, 1.82) is 0 Å². The third-order valence-corrected chi connectivity index (χ3v) is 14.6. The van der Waals surface area contributed by atoms with Crippen molar-refractivity contribution in [3.8, 4) is 5.82 Å². The number of benzene rings is 5. The van der Waals surface area contributed by atoms with E-state index in [0.717, 1.165) is 76.7 Å². The number of pyridine rings is 1. The minimum Gasteiger partial charge on any atom is -0.493 e. The third kappa shape index (κ3) is 11.3. The van der Waals surface area contributed by atoms with Gasteiger partial charge in [-0.05, 0) is 74.9 Å². The zero-order valence-corrected chi connectivity index (χ0v) is 49.5. The summed E-state index contributed by atoms with van der Waals surface area (Å²) >= 11 is 1.64. The van der Waals surface area contributed by atoms with Gasteiger partial charge in [0.1, 0.15) is 5.82 Å².